The molecular formula is C38H40FIrN3OSi-2. The van der Waals surface area contributed by atoms with Gasteiger partial charge in [0.25, 0.3) is 0 Å². The van der Waals surface area contributed by atoms with Crippen molar-refractivity contribution < 1.29 is 30.3 Å². The predicted molar refractivity (Wildman–Crippen MR) is 182 cm³/mol. The van der Waals surface area contributed by atoms with Crippen LogP contribution in [-0.4, -0.2) is 23.0 Å². The largest absolute Gasteiger partial charge is 0.486 e. The van der Waals surface area contributed by atoms with Crippen molar-refractivity contribution in [1.29, 1.82) is 0 Å². The van der Waals surface area contributed by atoms with E-state index < -0.39 is 19.9 Å². The first-order valence-corrected chi connectivity index (χ1v) is 18.4. The Hall–Kier alpha value is -3.51. The second-order valence-electron chi connectivity index (χ2n) is 13.6. The van der Waals surface area contributed by atoms with Gasteiger partial charge >= 0.3 is 0 Å². The van der Waals surface area contributed by atoms with Gasteiger partial charge in [-0.3, -0.25) is 0 Å². The van der Waals surface area contributed by atoms with Crippen LogP contribution in [0.3, 0.4) is 0 Å². The molecule has 6 rings (SSSR count). The molecule has 0 saturated carbocycles. The van der Waals surface area contributed by atoms with Crippen LogP contribution in [0.5, 0.6) is 0 Å². The maximum atomic E-state index is 13.4. The Kier molecular flexibility index (Phi) is 10.1. The molecular weight excluding hydrogens is 754 g/mol. The van der Waals surface area contributed by atoms with Crippen LogP contribution in [0.15, 0.2) is 83.5 Å². The van der Waals surface area contributed by atoms with Crippen LogP contribution in [0, 0.1) is 23.5 Å². The monoisotopic (exact) mass is 795 g/mol. The normalized spacial score (nSPS) is 12.3. The molecule has 0 bridgehead atoms. The van der Waals surface area contributed by atoms with E-state index in [4.69, 9.17) is 10.8 Å². The van der Waals surface area contributed by atoms with E-state index in [1.54, 1.807) is 18.3 Å². The average Bonchev–Trinajstić information content (AvgIpc) is 3.34. The van der Waals surface area contributed by atoms with E-state index in [-0.39, 0.29) is 31.2 Å². The van der Waals surface area contributed by atoms with Crippen LogP contribution in [0.25, 0.3) is 44.6 Å². The molecule has 1 radical (unpaired) electrons. The summed E-state index contributed by atoms with van der Waals surface area (Å²) in [7, 11) is -1.37. The minimum Gasteiger partial charge on any atom is -0.486 e. The van der Waals surface area contributed by atoms with Crippen molar-refractivity contribution in [2.24, 2.45) is 5.41 Å². The van der Waals surface area contributed by atoms with Gasteiger partial charge in [-0.25, -0.2) is 0 Å². The minimum atomic E-state index is -1.37. The fourth-order valence-corrected chi connectivity index (χ4v) is 6.83. The molecule has 0 fully saturated rings. The third-order valence-corrected chi connectivity index (χ3v) is 9.43. The molecule has 235 valence electrons. The van der Waals surface area contributed by atoms with Crippen molar-refractivity contribution in [2.45, 2.75) is 66.6 Å². The molecule has 0 N–H and O–H groups in total. The van der Waals surface area contributed by atoms with E-state index in [1.165, 1.54) is 16.8 Å². The van der Waals surface area contributed by atoms with Gasteiger partial charge in [0.15, 0.2) is 0 Å². The Morgan fingerprint density at radius 1 is 0.933 bits per heavy atom. The zero-order valence-corrected chi connectivity index (χ0v) is 30.6. The molecule has 0 saturated heterocycles. The Morgan fingerprint density at radius 2 is 1.71 bits per heavy atom. The molecule has 0 aliphatic carbocycles. The molecule has 4 nitrogen and oxygen atoms in total. The van der Waals surface area contributed by atoms with Crippen LogP contribution >= 0.6 is 0 Å². The van der Waals surface area contributed by atoms with Gasteiger partial charge in [0.1, 0.15) is 0 Å². The van der Waals surface area contributed by atoms with E-state index in [1.807, 2.05) is 50.2 Å². The molecule has 0 unspecified atom stereocenters. The standard InChI is InChI=1S/C19H14FN2O.C19H26NSi.Ir/c1-11(2)12-8-9-21-16(10-12)15-5-3-4-13-14-6-7-17(20)22-19(14)23-18(13)15;1-19(2,3)13-16-12-17(15-10-8-7-9-11-15)20-14-18(16)21(4,5)6;/h3-4,6-11H,1-2H3;7-10,12,14H,13H2,1-6H3;/q2*-1;/i11D;;. The van der Waals surface area contributed by atoms with E-state index in [0.717, 1.165) is 34.0 Å². The van der Waals surface area contributed by atoms with Gasteiger partial charge in [0.05, 0.1) is 13.7 Å². The Balaban J connectivity index is 0.000000207. The molecule has 0 aliphatic heterocycles. The maximum Gasteiger partial charge on any atom is 0.218 e. The summed E-state index contributed by atoms with van der Waals surface area (Å²) in [6.07, 6.45) is 4.88. The number of hydrogen-bond acceptors (Lipinski definition) is 4. The number of furan rings is 1. The van der Waals surface area contributed by atoms with E-state index >= 15 is 0 Å². The van der Waals surface area contributed by atoms with Crippen molar-refractivity contribution in [2.75, 3.05) is 0 Å². The number of rotatable bonds is 5. The van der Waals surface area contributed by atoms with Gasteiger partial charge in [-0.1, -0.05) is 88.5 Å². The van der Waals surface area contributed by atoms with Crippen LogP contribution in [0.1, 0.15) is 53.0 Å². The zero-order valence-electron chi connectivity index (χ0n) is 28.2. The van der Waals surface area contributed by atoms with Crippen LogP contribution in [-0.2, 0) is 26.5 Å². The topological polar surface area (TPSA) is 51.8 Å². The van der Waals surface area contributed by atoms with Crippen LogP contribution in [0.4, 0.5) is 4.39 Å². The summed E-state index contributed by atoms with van der Waals surface area (Å²) in [5, 5.41) is 3.07. The third-order valence-electron chi connectivity index (χ3n) is 7.36. The molecule has 0 spiro atoms. The first kappa shape index (κ1) is 32.9. The molecule has 4 aromatic heterocycles. The number of benzene rings is 2. The molecule has 2 aromatic carbocycles. The summed E-state index contributed by atoms with van der Waals surface area (Å²) in [6, 6.07) is 27.1. The van der Waals surface area contributed by atoms with Gasteiger partial charge < -0.3 is 14.4 Å². The summed E-state index contributed by atoms with van der Waals surface area (Å²) < 4.78 is 27.3. The minimum absolute atomic E-state index is 0. The second kappa shape index (κ2) is 13.9. The summed E-state index contributed by atoms with van der Waals surface area (Å²) >= 11 is 0. The van der Waals surface area contributed by atoms with Crippen LogP contribution in [0.2, 0.25) is 19.6 Å². The van der Waals surface area contributed by atoms with Gasteiger partial charge in [-0.05, 0) is 52.5 Å². The summed E-state index contributed by atoms with van der Waals surface area (Å²) in [5.41, 5.74) is 6.87. The van der Waals surface area contributed by atoms with Crippen molar-refractivity contribution in [3.63, 3.8) is 0 Å². The summed E-state index contributed by atoms with van der Waals surface area (Å²) in [6.45, 7) is 17.7. The average molecular weight is 795 g/mol. The van der Waals surface area contributed by atoms with Gasteiger partial charge in [-0.15, -0.1) is 54.1 Å². The second-order valence-corrected chi connectivity index (χ2v) is 18.6. The van der Waals surface area contributed by atoms with E-state index in [2.05, 4.69) is 80.8 Å². The quantitative estimate of drug-likeness (QED) is 0.0992. The Bertz CT molecular complexity index is 1960. The maximum absolute atomic E-state index is 13.4. The fraction of sp³-hybridized carbons (Fsp3) is 0.289. The SMILES string of the molecule is CC(C)(C)Cc1cc(-c2[c-]cccc2)ncc1[Si](C)(C)C.[2H]C(C)(C)c1ccnc(-c2[c-]ccc3c2oc2nc(F)ccc23)c1.[Ir]. The third kappa shape index (κ3) is 8.21. The number of pyridine rings is 3. The summed E-state index contributed by atoms with van der Waals surface area (Å²) in [4.78, 5) is 12.9. The molecule has 0 atom stereocenters. The smallest absolute Gasteiger partial charge is 0.218 e. The van der Waals surface area contributed by atoms with E-state index in [0.29, 0.717) is 16.8 Å². The first-order valence-electron chi connectivity index (χ1n) is 15.4. The first-order chi connectivity index (χ1) is 21.1. The van der Waals surface area contributed by atoms with E-state index in [9.17, 15) is 4.39 Å². The number of fused-ring (bicyclic) bond motifs is 3. The van der Waals surface area contributed by atoms with Gasteiger partial charge in [0, 0.05) is 39.3 Å². The summed E-state index contributed by atoms with van der Waals surface area (Å²) in [5.74, 6) is -1.31. The molecule has 0 aliphatic rings. The number of hydrogen-bond donors (Lipinski definition) is 0. The predicted octanol–water partition coefficient (Wildman–Crippen LogP) is 9.79. The number of aromatic nitrogens is 3. The molecule has 45 heavy (non-hydrogen) atoms. The van der Waals surface area contributed by atoms with Gasteiger partial charge in [0.2, 0.25) is 11.7 Å². The van der Waals surface area contributed by atoms with Crippen LogP contribution < -0.4 is 5.19 Å². The van der Waals surface area contributed by atoms with Crippen molar-refractivity contribution >= 4 is 35.3 Å². The van der Waals surface area contributed by atoms with Gasteiger partial charge in [-0.2, -0.15) is 9.37 Å². The number of nitrogens with zero attached hydrogens (tertiary/aromatic N) is 3. The number of halogens is 1. The Labute approximate surface area is 282 Å². The van der Waals surface area contributed by atoms with Crippen molar-refractivity contribution in [3.8, 4) is 22.5 Å². The Morgan fingerprint density at radius 3 is 2.38 bits per heavy atom. The van der Waals surface area contributed by atoms with Crippen molar-refractivity contribution in [1.82, 2.24) is 15.0 Å². The molecule has 7 heteroatoms. The fourth-order valence-electron chi connectivity index (χ4n) is 5.26. The molecule has 0 amide bonds. The molecule has 6 aromatic rings. The van der Waals surface area contributed by atoms with Crippen molar-refractivity contribution in [3.05, 3.63) is 108 Å². The molecule has 4 heterocycles. The zero-order chi connectivity index (χ0) is 32.6.